The monoisotopic (exact) mass is 161 g/mol. The van der Waals surface area contributed by atoms with E-state index in [1.54, 1.807) is 24.3 Å². The molecule has 0 aromatic heterocycles. The zero-order valence-electron chi connectivity index (χ0n) is 6.32. The molecule has 0 saturated heterocycles. The van der Waals surface area contributed by atoms with Crippen molar-refractivity contribution < 1.29 is 9.90 Å². The van der Waals surface area contributed by atoms with Crippen molar-refractivity contribution in [1.29, 1.82) is 0 Å². The lowest BCUT2D eigenvalue weighted by Gasteiger charge is -1.95. The van der Waals surface area contributed by atoms with Crippen LogP contribution in [0.1, 0.15) is 5.56 Å². The van der Waals surface area contributed by atoms with E-state index in [0.717, 1.165) is 0 Å². The summed E-state index contributed by atoms with van der Waals surface area (Å²) in [6.07, 6.45) is -0.0244. The first-order valence-electron chi connectivity index (χ1n) is 3.40. The molecule has 0 aliphatic rings. The number of carboxylic acids is 1. The predicted molar refractivity (Wildman–Crippen MR) is 44.0 cm³/mol. The highest BCUT2D eigenvalue weighted by Crippen LogP contribution is 2.13. The fourth-order valence-electron chi connectivity index (χ4n) is 0.911. The Kier molecular flexibility index (Phi) is 2.44. The van der Waals surface area contributed by atoms with Gasteiger partial charge in [0.15, 0.2) is 5.69 Å². The van der Waals surface area contributed by atoms with Crippen LogP contribution >= 0.6 is 0 Å². The van der Waals surface area contributed by atoms with Crippen LogP contribution in [0.2, 0.25) is 0 Å². The van der Waals surface area contributed by atoms with Gasteiger partial charge in [0.2, 0.25) is 0 Å². The van der Waals surface area contributed by atoms with E-state index >= 15 is 0 Å². The van der Waals surface area contributed by atoms with Crippen molar-refractivity contribution in [2.45, 2.75) is 6.42 Å². The summed E-state index contributed by atoms with van der Waals surface area (Å²) >= 11 is 0. The SMILES string of the molecule is [C-]#[N+]c1cccc(CC(=O)O)c1. The van der Waals surface area contributed by atoms with Crippen molar-refractivity contribution in [2.24, 2.45) is 0 Å². The molecule has 0 atom stereocenters. The standard InChI is InChI=1S/C9H7NO2/c1-10-8-4-2-3-7(5-8)6-9(11)12/h2-5H,6H2,(H,11,12). The summed E-state index contributed by atoms with van der Waals surface area (Å²) < 4.78 is 0. The van der Waals surface area contributed by atoms with Crippen LogP contribution in [0.25, 0.3) is 4.85 Å². The van der Waals surface area contributed by atoms with Gasteiger partial charge in [-0.1, -0.05) is 24.3 Å². The second-order valence-electron chi connectivity index (χ2n) is 2.35. The normalized spacial score (nSPS) is 8.92. The average molecular weight is 161 g/mol. The van der Waals surface area contributed by atoms with E-state index in [4.69, 9.17) is 11.7 Å². The minimum atomic E-state index is -0.878. The van der Waals surface area contributed by atoms with Crippen LogP contribution < -0.4 is 0 Å². The minimum Gasteiger partial charge on any atom is -0.481 e. The summed E-state index contributed by atoms with van der Waals surface area (Å²) in [5.41, 5.74) is 1.14. The fourth-order valence-corrected chi connectivity index (χ4v) is 0.911. The van der Waals surface area contributed by atoms with Gasteiger partial charge in [-0.15, -0.1) is 0 Å². The largest absolute Gasteiger partial charge is 0.481 e. The van der Waals surface area contributed by atoms with Crippen molar-refractivity contribution in [3.05, 3.63) is 41.2 Å². The molecule has 0 fully saturated rings. The molecule has 1 aromatic rings. The molecule has 0 bridgehead atoms. The van der Waals surface area contributed by atoms with Crippen molar-refractivity contribution in [3.63, 3.8) is 0 Å². The predicted octanol–water partition coefficient (Wildman–Crippen LogP) is 1.86. The molecule has 60 valence electrons. The third kappa shape index (κ3) is 2.10. The fraction of sp³-hybridized carbons (Fsp3) is 0.111. The number of nitrogens with zero attached hydrogens (tertiary/aromatic N) is 1. The summed E-state index contributed by atoms with van der Waals surface area (Å²) in [5, 5.41) is 8.45. The van der Waals surface area contributed by atoms with Gasteiger partial charge in [-0.05, 0) is 5.56 Å². The summed E-state index contributed by atoms with van der Waals surface area (Å²) in [6, 6.07) is 6.62. The van der Waals surface area contributed by atoms with Gasteiger partial charge in [-0.2, -0.15) is 0 Å². The number of carboxylic acid groups (broad SMARTS) is 1. The Morgan fingerprint density at radius 3 is 2.92 bits per heavy atom. The minimum absolute atomic E-state index is 0.0244. The van der Waals surface area contributed by atoms with Gasteiger partial charge in [0.1, 0.15) is 0 Å². The molecular weight excluding hydrogens is 154 g/mol. The quantitative estimate of drug-likeness (QED) is 0.672. The van der Waals surface area contributed by atoms with Crippen molar-refractivity contribution >= 4 is 11.7 Å². The van der Waals surface area contributed by atoms with E-state index in [-0.39, 0.29) is 6.42 Å². The van der Waals surface area contributed by atoms with Crippen LogP contribution in [0.3, 0.4) is 0 Å². The smallest absolute Gasteiger partial charge is 0.307 e. The molecule has 1 N–H and O–H groups in total. The summed E-state index contributed by atoms with van der Waals surface area (Å²) in [5.74, 6) is -0.878. The molecule has 3 heteroatoms. The van der Waals surface area contributed by atoms with Gasteiger partial charge in [-0.25, -0.2) is 4.85 Å². The molecule has 0 saturated carbocycles. The van der Waals surface area contributed by atoms with E-state index in [1.807, 2.05) is 0 Å². The van der Waals surface area contributed by atoms with E-state index in [0.29, 0.717) is 11.3 Å². The van der Waals surface area contributed by atoms with E-state index in [2.05, 4.69) is 4.85 Å². The van der Waals surface area contributed by atoms with E-state index in [1.165, 1.54) is 0 Å². The maximum atomic E-state index is 10.3. The highest BCUT2D eigenvalue weighted by molar-refractivity contribution is 5.70. The third-order valence-electron chi connectivity index (χ3n) is 1.40. The van der Waals surface area contributed by atoms with Gasteiger partial charge in [0.25, 0.3) is 0 Å². The van der Waals surface area contributed by atoms with Crippen LogP contribution in [0.15, 0.2) is 24.3 Å². The summed E-state index contributed by atoms with van der Waals surface area (Å²) in [4.78, 5) is 13.5. The van der Waals surface area contributed by atoms with Crippen LogP contribution in [0.5, 0.6) is 0 Å². The molecule has 0 spiro atoms. The average Bonchev–Trinajstić information content (AvgIpc) is 2.03. The van der Waals surface area contributed by atoms with Gasteiger partial charge >= 0.3 is 5.97 Å². The van der Waals surface area contributed by atoms with Crippen molar-refractivity contribution in [2.75, 3.05) is 0 Å². The van der Waals surface area contributed by atoms with E-state index in [9.17, 15) is 4.79 Å². The molecule has 0 aliphatic carbocycles. The molecule has 0 unspecified atom stereocenters. The van der Waals surface area contributed by atoms with Crippen LogP contribution in [0.4, 0.5) is 5.69 Å². The second-order valence-corrected chi connectivity index (χ2v) is 2.35. The lowest BCUT2D eigenvalue weighted by atomic mass is 10.1. The van der Waals surface area contributed by atoms with Gasteiger partial charge in [0, 0.05) is 0 Å². The molecule has 0 heterocycles. The topological polar surface area (TPSA) is 41.7 Å². The molecule has 1 rings (SSSR count). The van der Waals surface area contributed by atoms with E-state index < -0.39 is 5.97 Å². The highest BCUT2D eigenvalue weighted by Gasteiger charge is 1.99. The molecule has 0 radical (unpaired) electrons. The molecule has 3 nitrogen and oxygen atoms in total. The molecular formula is C9H7NO2. The first kappa shape index (κ1) is 8.28. The molecule has 0 aliphatic heterocycles. The van der Waals surface area contributed by atoms with Gasteiger partial charge in [-0.3, -0.25) is 4.79 Å². The Morgan fingerprint density at radius 2 is 2.33 bits per heavy atom. The number of hydrogen-bond acceptors (Lipinski definition) is 1. The Morgan fingerprint density at radius 1 is 1.58 bits per heavy atom. The summed E-state index contributed by atoms with van der Waals surface area (Å²) in [7, 11) is 0. The number of rotatable bonds is 2. The maximum Gasteiger partial charge on any atom is 0.307 e. The second kappa shape index (κ2) is 3.54. The zero-order valence-corrected chi connectivity index (χ0v) is 6.32. The van der Waals surface area contributed by atoms with Crippen LogP contribution in [-0.4, -0.2) is 11.1 Å². The number of hydrogen-bond donors (Lipinski definition) is 1. The summed E-state index contributed by atoms with van der Waals surface area (Å²) in [6.45, 7) is 6.70. The van der Waals surface area contributed by atoms with Crippen molar-refractivity contribution in [1.82, 2.24) is 0 Å². The Hall–Kier alpha value is -1.82. The number of carbonyl (C=O) groups is 1. The van der Waals surface area contributed by atoms with Gasteiger partial charge < -0.3 is 5.11 Å². The Labute approximate surface area is 70.1 Å². The zero-order chi connectivity index (χ0) is 8.97. The first-order valence-corrected chi connectivity index (χ1v) is 3.40. The molecule has 0 amide bonds. The van der Waals surface area contributed by atoms with Gasteiger partial charge in [0.05, 0.1) is 13.0 Å². The molecule has 1 aromatic carbocycles. The lowest BCUT2D eigenvalue weighted by molar-refractivity contribution is -0.136. The van der Waals surface area contributed by atoms with Crippen molar-refractivity contribution in [3.8, 4) is 0 Å². The molecule has 12 heavy (non-hydrogen) atoms. The lowest BCUT2D eigenvalue weighted by Crippen LogP contribution is -1.99. The Bertz CT molecular complexity index is 339. The first-order chi connectivity index (χ1) is 5.72. The third-order valence-corrected chi connectivity index (χ3v) is 1.40. The highest BCUT2D eigenvalue weighted by atomic mass is 16.4. The van der Waals surface area contributed by atoms with Crippen LogP contribution in [-0.2, 0) is 11.2 Å². The Balaban J connectivity index is 2.88. The number of aliphatic carboxylic acids is 1. The number of benzene rings is 1. The maximum absolute atomic E-state index is 10.3. The van der Waals surface area contributed by atoms with Crippen LogP contribution in [0, 0.1) is 6.57 Å².